The van der Waals surface area contributed by atoms with Gasteiger partial charge in [0.15, 0.2) is 0 Å². The van der Waals surface area contributed by atoms with Gasteiger partial charge in [0.2, 0.25) is 5.95 Å². The Kier molecular flexibility index (Phi) is 5.90. The fourth-order valence-electron chi connectivity index (χ4n) is 2.39. The van der Waals surface area contributed by atoms with Crippen molar-refractivity contribution in [3.8, 4) is 0 Å². The summed E-state index contributed by atoms with van der Waals surface area (Å²) < 4.78 is 5.33. The second-order valence-electron chi connectivity index (χ2n) is 5.86. The minimum absolute atomic E-state index is 0.332. The molecule has 1 aliphatic rings. The van der Waals surface area contributed by atoms with Crippen LogP contribution in [-0.4, -0.2) is 65.0 Å². The van der Waals surface area contributed by atoms with Gasteiger partial charge in [-0.1, -0.05) is 0 Å². The molecule has 1 saturated heterocycles. The Hall–Kier alpha value is -1.24. The Bertz CT molecular complexity index is 416. The highest BCUT2D eigenvalue weighted by molar-refractivity contribution is 5.30. The zero-order chi connectivity index (χ0) is 15.2. The molecule has 6 heteroatoms. The van der Waals surface area contributed by atoms with Crippen LogP contribution in [0.4, 0.5) is 5.95 Å². The topological polar surface area (TPSA) is 61.7 Å². The molecule has 1 aromatic heterocycles. The first-order valence-electron chi connectivity index (χ1n) is 7.62. The van der Waals surface area contributed by atoms with Gasteiger partial charge in [0.05, 0.1) is 19.3 Å². The number of morpholine rings is 1. The van der Waals surface area contributed by atoms with Gasteiger partial charge in [-0.2, -0.15) is 0 Å². The van der Waals surface area contributed by atoms with Crippen LogP contribution in [0.15, 0.2) is 12.4 Å². The van der Waals surface area contributed by atoms with Gasteiger partial charge in [-0.25, -0.2) is 9.97 Å². The summed E-state index contributed by atoms with van der Waals surface area (Å²) in [6.45, 7) is 10.7. The molecule has 2 heterocycles. The van der Waals surface area contributed by atoms with Gasteiger partial charge in [0.1, 0.15) is 0 Å². The third-order valence-electron chi connectivity index (χ3n) is 3.60. The number of ether oxygens (including phenoxy) is 1. The SMILES string of the molecule is CC(O)CN(Cc1cnc(N2CCOCC2)nc1)C(C)C. The van der Waals surface area contributed by atoms with E-state index in [1.165, 1.54) is 0 Å². The minimum atomic E-state index is -0.332. The Morgan fingerprint density at radius 1 is 1.24 bits per heavy atom. The lowest BCUT2D eigenvalue weighted by molar-refractivity contribution is 0.102. The monoisotopic (exact) mass is 294 g/mol. The summed E-state index contributed by atoms with van der Waals surface area (Å²) in [5.41, 5.74) is 1.07. The van der Waals surface area contributed by atoms with Crippen molar-refractivity contribution in [2.45, 2.75) is 39.5 Å². The van der Waals surface area contributed by atoms with Crippen LogP contribution in [0, 0.1) is 0 Å². The van der Waals surface area contributed by atoms with E-state index in [-0.39, 0.29) is 6.10 Å². The molecule has 1 fully saturated rings. The molecule has 2 rings (SSSR count). The summed E-state index contributed by atoms with van der Waals surface area (Å²) in [5.74, 6) is 0.772. The van der Waals surface area contributed by atoms with Crippen molar-refractivity contribution in [1.29, 1.82) is 0 Å². The van der Waals surface area contributed by atoms with E-state index in [0.29, 0.717) is 12.6 Å². The highest BCUT2D eigenvalue weighted by Crippen LogP contribution is 2.12. The fraction of sp³-hybridized carbons (Fsp3) is 0.733. The lowest BCUT2D eigenvalue weighted by atomic mass is 10.2. The van der Waals surface area contributed by atoms with Crippen LogP contribution in [0.1, 0.15) is 26.3 Å². The van der Waals surface area contributed by atoms with E-state index in [0.717, 1.165) is 44.4 Å². The maximum atomic E-state index is 9.57. The van der Waals surface area contributed by atoms with Crippen LogP contribution >= 0.6 is 0 Å². The van der Waals surface area contributed by atoms with E-state index in [1.807, 2.05) is 19.3 Å². The quantitative estimate of drug-likeness (QED) is 0.841. The van der Waals surface area contributed by atoms with Crippen LogP contribution in [0.2, 0.25) is 0 Å². The lowest BCUT2D eigenvalue weighted by Crippen LogP contribution is -2.37. The molecule has 6 nitrogen and oxygen atoms in total. The second kappa shape index (κ2) is 7.68. The van der Waals surface area contributed by atoms with Crippen molar-refractivity contribution in [2.24, 2.45) is 0 Å². The van der Waals surface area contributed by atoms with E-state index in [9.17, 15) is 5.11 Å². The molecule has 1 aliphatic heterocycles. The normalized spacial score (nSPS) is 17.5. The predicted octanol–water partition coefficient (Wildman–Crippen LogP) is 0.904. The number of rotatable bonds is 6. The van der Waals surface area contributed by atoms with Gasteiger partial charge in [0.25, 0.3) is 0 Å². The molecule has 0 aromatic carbocycles. The Labute approximate surface area is 126 Å². The van der Waals surface area contributed by atoms with Gasteiger partial charge < -0.3 is 14.7 Å². The summed E-state index contributed by atoms with van der Waals surface area (Å²) in [4.78, 5) is 13.3. The lowest BCUT2D eigenvalue weighted by Gasteiger charge is -2.28. The first kappa shape index (κ1) is 16.1. The Balaban J connectivity index is 1.97. The van der Waals surface area contributed by atoms with Crippen LogP contribution < -0.4 is 4.90 Å². The van der Waals surface area contributed by atoms with Crippen molar-refractivity contribution in [3.63, 3.8) is 0 Å². The van der Waals surface area contributed by atoms with E-state index in [4.69, 9.17) is 4.74 Å². The third-order valence-corrected chi connectivity index (χ3v) is 3.60. The summed E-state index contributed by atoms with van der Waals surface area (Å²) in [5, 5.41) is 9.57. The van der Waals surface area contributed by atoms with E-state index in [2.05, 4.69) is 33.6 Å². The summed E-state index contributed by atoms with van der Waals surface area (Å²) >= 11 is 0. The van der Waals surface area contributed by atoms with E-state index < -0.39 is 0 Å². The minimum Gasteiger partial charge on any atom is -0.392 e. The Morgan fingerprint density at radius 3 is 2.38 bits per heavy atom. The number of hydrogen-bond acceptors (Lipinski definition) is 6. The van der Waals surface area contributed by atoms with Gasteiger partial charge in [-0.3, -0.25) is 4.90 Å². The van der Waals surface area contributed by atoms with Crippen molar-refractivity contribution in [1.82, 2.24) is 14.9 Å². The van der Waals surface area contributed by atoms with E-state index >= 15 is 0 Å². The maximum Gasteiger partial charge on any atom is 0.225 e. The molecule has 1 unspecified atom stereocenters. The standard InChI is InChI=1S/C15H26N4O2/c1-12(2)19(10-13(3)20)11-14-8-16-15(17-9-14)18-4-6-21-7-5-18/h8-9,12-13,20H,4-7,10-11H2,1-3H3. The van der Waals surface area contributed by atoms with Crippen LogP contribution in [0.25, 0.3) is 0 Å². The number of nitrogens with zero attached hydrogens (tertiary/aromatic N) is 4. The summed E-state index contributed by atoms with van der Waals surface area (Å²) in [7, 11) is 0. The molecular formula is C15H26N4O2. The Morgan fingerprint density at radius 2 is 1.86 bits per heavy atom. The van der Waals surface area contributed by atoms with Crippen molar-refractivity contribution >= 4 is 5.95 Å². The highest BCUT2D eigenvalue weighted by Gasteiger charge is 2.15. The molecule has 118 valence electrons. The maximum absolute atomic E-state index is 9.57. The number of aliphatic hydroxyl groups is 1. The molecule has 0 aliphatic carbocycles. The first-order valence-corrected chi connectivity index (χ1v) is 7.62. The van der Waals surface area contributed by atoms with E-state index in [1.54, 1.807) is 0 Å². The molecule has 21 heavy (non-hydrogen) atoms. The van der Waals surface area contributed by atoms with Gasteiger partial charge in [-0.05, 0) is 20.8 Å². The van der Waals surface area contributed by atoms with Crippen molar-refractivity contribution in [2.75, 3.05) is 37.7 Å². The second-order valence-corrected chi connectivity index (χ2v) is 5.86. The molecule has 1 N–H and O–H groups in total. The molecule has 1 atom stereocenters. The molecule has 1 aromatic rings. The molecule has 0 saturated carbocycles. The molecular weight excluding hydrogens is 268 g/mol. The number of anilines is 1. The first-order chi connectivity index (χ1) is 10.1. The van der Waals surface area contributed by atoms with Crippen molar-refractivity contribution in [3.05, 3.63) is 18.0 Å². The average molecular weight is 294 g/mol. The largest absolute Gasteiger partial charge is 0.392 e. The number of hydrogen-bond donors (Lipinski definition) is 1. The van der Waals surface area contributed by atoms with Crippen LogP contribution in [0.5, 0.6) is 0 Å². The average Bonchev–Trinajstić information content (AvgIpc) is 2.48. The molecule has 0 amide bonds. The van der Waals surface area contributed by atoms with Crippen LogP contribution in [-0.2, 0) is 11.3 Å². The third kappa shape index (κ3) is 4.91. The van der Waals surface area contributed by atoms with Gasteiger partial charge in [0, 0.05) is 50.2 Å². The molecule has 0 radical (unpaired) electrons. The van der Waals surface area contributed by atoms with Crippen LogP contribution in [0.3, 0.4) is 0 Å². The predicted molar refractivity (Wildman–Crippen MR) is 82.3 cm³/mol. The number of aliphatic hydroxyl groups excluding tert-OH is 1. The summed E-state index contributed by atoms with van der Waals surface area (Å²) in [6.07, 6.45) is 3.44. The van der Waals surface area contributed by atoms with Gasteiger partial charge in [-0.15, -0.1) is 0 Å². The molecule has 0 bridgehead atoms. The summed E-state index contributed by atoms with van der Waals surface area (Å²) in [6, 6.07) is 0.374. The van der Waals surface area contributed by atoms with Crippen molar-refractivity contribution < 1.29 is 9.84 Å². The molecule has 0 spiro atoms. The smallest absolute Gasteiger partial charge is 0.225 e. The zero-order valence-corrected chi connectivity index (χ0v) is 13.2. The van der Waals surface area contributed by atoms with Gasteiger partial charge >= 0.3 is 0 Å². The fourth-order valence-corrected chi connectivity index (χ4v) is 2.39. The zero-order valence-electron chi connectivity index (χ0n) is 13.2. The number of aromatic nitrogens is 2. The highest BCUT2D eigenvalue weighted by atomic mass is 16.5.